The fraction of sp³-hybridized carbons (Fsp3) is 0.158. The van der Waals surface area contributed by atoms with Gasteiger partial charge in [-0.2, -0.15) is 0 Å². The van der Waals surface area contributed by atoms with Crippen LogP contribution in [-0.4, -0.2) is 10.9 Å². The van der Waals surface area contributed by atoms with E-state index in [-0.39, 0.29) is 5.91 Å². The number of amides is 1. The summed E-state index contributed by atoms with van der Waals surface area (Å²) in [6.45, 7) is 0.487. The van der Waals surface area contributed by atoms with Crippen molar-refractivity contribution in [1.82, 2.24) is 10.3 Å². The molecule has 2 aromatic heterocycles. The first kappa shape index (κ1) is 16.7. The van der Waals surface area contributed by atoms with Crippen molar-refractivity contribution < 1.29 is 4.79 Å². The Kier molecular flexibility index (Phi) is 5.62. The highest BCUT2D eigenvalue weighted by atomic mass is 35.5. The number of benzene rings is 1. The lowest BCUT2D eigenvalue weighted by Gasteiger charge is -2.07. The highest BCUT2D eigenvalue weighted by molar-refractivity contribution is 7.13. The van der Waals surface area contributed by atoms with Crippen LogP contribution in [0.1, 0.15) is 17.5 Å². The molecule has 3 rings (SSSR count). The topological polar surface area (TPSA) is 42.0 Å². The van der Waals surface area contributed by atoms with E-state index in [0.717, 1.165) is 16.7 Å². The molecular weight excluding hydrogens is 340 g/mol. The summed E-state index contributed by atoms with van der Waals surface area (Å²) < 4.78 is 0. The number of nitrogens with zero attached hydrogens (tertiary/aromatic N) is 1. The van der Waals surface area contributed by atoms with Crippen molar-refractivity contribution >= 4 is 28.8 Å². The maximum absolute atomic E-state index is 12.0. The van der Waals surface area contributed by atoms with Gasteiger partial charge >= 0.3 is 0 Å². The molecule has 1 amide bonds. The normalized spacial score (nSPS) is 10.5. The van der Waals surface area contributed by atoms with Crippen LogP contribution < -0.4 is 5.32 Å². The lowest BCUT2D eigenvalue weighted by molar-refractivity contribution is -0.121. The quantitative estimate of drug-likeness (QED) is 0.694. The van der Waals surface area contributed by atoms with E-state index in [1.54, 1.807) is 17.5 Å². The van der Waals surface area contributed by atoms with E-state index >= 15 is 0 Å². The van der Waals surface area contributed by atoms with Crippen LogP contribution in [0.3, 0.4) is 0 Å². The molecule has 122 valence electrons. The van der Waals surface area contributed by atoms with Gasteiger partial charge in [-0.15, -0.1) is 11.3 Å². The Morgan fingerprint density at radius 2 is 2.04 bits per heavy atom. The fourth-order valence-electron chi connectivity index (χ4n) is 2.40. The number of hydrogen-bond acceptors (Lipinski definition) is 3. The summed E-state index contributed by atoms with van der Waals surface area (Å²) in [5.41, 5.74) is 3.15. The second kappa shape index (κ2) is 8.08. The number of carbonyl (C=O) groups excluding carboxylic acids is 1. The lowest BCUT2D eigenvalue weighted by atomic mass is 10.1. The van der Waals surface area contributed by atoms with Gasteiger partial charge in [0.15, 0.2) is 0 Å². The number of hydrogen-bond donors (Lipinski definition) is 1. The number of aryl methyl sites for hydroxylation is 1. The highest BCUT2D eigenvalue weighted by Gasteiger charge is 2.05. The minimum absolute atomic E-state index is 0.0245. The lowest BCUT2D eigenvalue weighted by Crippen LogP contribution is -2.23. The van der Waals surface area contributed by atoms with Gasteiger partial charge in [-0.1, -0.05) is 29.8 Å². The Balaban J connectivity index is 1.52. The number of thiophene rings is 1. The molecule has 0 saturated heterocycles. The Hall–Kier alpha value is -2.17. The number of nitrogens with one attached hydrogen (secondary N) is 1. The van der Waals surface area contributed by atoms with E-state index in [1.807, 2.05) is 41.9 Å². The van der Waals surface area contributed by atoms with E-state index in [0.29, 0.717) is 24.4 Å². The van der Waals surface area contributed by atoms with Gasteiger partial charge in [0.05, 0.1) is 0 Å². The first-order chi connectivity index (χ1) is 11.7. The van der Waals surface area contributed by atoms with Crippen LogP contribution in [0.5, 0.6) is 0 Å². The number of carbonyl (C=O) groups is 1. The molecule has 1 aromatic carbocycles. The summed E-state index contributed by atoms with van der Waals surface area (Å²) in [4.78, 5) is 17.5. The maximum atomic E-state index is 12.0. The van der Waals surface area contributed by atoms with Crippen molar-refractivity contribution in [3.05, 3.63) is 76.4 Å². The second-order valence-corrected chi connectivity index (χ2v) is 6.85. The zero-order valence-corrected chi connectivity index (χ0v) is 14.6. The van der Waals surface area contributed by atoms with E-state index in [1.165, 1.54) is 4.88 Å². The summed E-state index contributed by atoms with van der Waals surface area (Å²) in [5.74, 6) is 0.0245. The highest BCUT2D eigenvalue weighted by Crippen LogP contribution is 2.24. The Morgan fingerprint density at radius 3 is 2.83 bits per heavy atom. The molecule has 0 aliphatic rings. The third kappa shape index (κ3) is 4.66. The Labute approximate surface area is 150 Å². The molecule has 0 radical (unpaired) electrons. The van der Waals surface area contributed by atoms with Gasteiger partial charge in [0.25, 0.3) is 0 Å². The minimum atomic E-state index is 0.0245. The zero-order valence-electron chi connectivity index (χ0n) is 13.0. The van der Waals surface area contributed by atoms with Crippen LogP contribution in [0, 0.1) is 0 Å². The third-order valence-corrected chi connectivity index (χ3v) is 4.77. The summed E-state index contributed by atoms with van der Waals surface area (Å²) in [5, 5.41) is 5.69. The van der Waals surface area contributed by atoms with Gasteiger partial charge in [0, 0.05) is 40.8 Å². The SMILES string of the molecule is O=C(CCc1cccc(Cl)c1)NCc1cncc(-c2cccs2)c1. The van der Waals surface area contributed by atoms with Gasteiger partial charge in [-0.05, 0) is 47.2 Å². The monoisotopic (exact) mass is 356 g/mol. The Morgan fingerprint density at radius 1 is 1.12 bits per heavy atom. The molecule has 3 aromatic rings. The second-order valence-electron chi connectivity index (χ2n) is 5.47. The van der Waals surface area contributed by atoms with Crippen molar-refractivity contribution in [3.63, 3.8) is 0 Å². The van der Waals surface area contributed by atoms with Crippen LogP contribution in [0.15, 0.2) is 60.2 Å². The molecule has 5 heteroatoms. The van der Waals surface area contributed by atoms with Crippen molar-refractivity contribution in [2.24, 2.45) is 0 Å². The maximum Gasteiger partial charge on any atom is 0.220 e. The molecule has 0 saturated carbocycles. The van der Waals surface area contributed by atoms with E-state index in [9.17, 15) is 4.79 Å². The van der Waals surface area contributed by atoms with Gasteiger partial charge in [-0.25, -0.2) is 0 Å². The molecule has 0 spiro atoms. The van der Waals surface area contributed by atoms with Crippen LogP contribution in [0.4, 0.5) is 0 Å². The molecule has 0 aliphatic carbocycles. The van der Waals surface area contributed by atoms with Crippen molar-refractivity contribution in [2.75, 3.05) is 0 Å². The van der Waals surface area contributed by atoms with Crippen LogP contribution in [0.2, 0.25) is 5.02 Å². The minimum Gasteiger partial charge on any atom is -0.352 e. The van der Waals surface area contributed by atoms with Crippen molar-refractivity contribution in [2.45, 2.75) is 19.4 Å². The first-order valence-electron chi connectivity index (χ1n) is 7.69. The smallest absolute Gasteiger partial charge is 0.220 e. The van der Waals surface area contributed by atoms with Gasteiger partial charge in [0.2, 0.25) is 5.91 Å². The number of aromatic nitrogens is 1. The number of rotatable bonds is 6. The third-order valence-electron chi connectivity index (χ3n) is 3.62. The summed E-state index contributed by atoms with van der Waals surface area (Å²) in [6, 6.07) is 13.8. The van der Waals surface area contributed by atoms with E-state index in [2.05, 4.69) is 22.4 Å². The predicted octanol–water partition coefficient (Wildman–Crippen LogP) is 4.71. The largest absolute Gasteiger partial charge is 0.352 e. The number of pyridine rings is 1. The van der Waals surface area contributed by atoms with Gasteiger partial charge in [0.1, 0.15) is 0 Å². The first-order valence-corrected chi connectivity index (χ1v) is 8.95. The molecule has 0 aliphatic heterocycles. The molecule has 0 atom stereocenters. The zero-order chi connectivity index (χ0) is 16.8. The molecule has 0 fully saturated rings. The van der Waals surface area contributed by atoms with E-state index in [4.69, 9.17) is 11.6 Å². The molecule has 0 unspecified atom stereocenters. The molecule has 3 nitrogen and oxygen atoms in total. The van der Waals surface area contributed by atoms with Crippen LogP contribution in [0.25, 0.3) is 10.4 Å². The average molecular weight is 357 g/mol. The summed E-state index contributed by atoms with van der Waals surface area (Å²) >= 11 is 7.63. The van der Waals surface area contributed by atoms with E-state index < -0.39 is 0 Å². The molecular formula is C19H17ClN2OS. The van der Waals surface area contributed by atoms with Gasteiger partial charge < -0.3 is 5.32 Å². The fourth-order valence-corrected chi connectivity index (χ4v) is 3.32. The predicted molar refractivity (Wildman–Crippen MR) is 99.2 cm³/mol. The number of halogens is 1. The molecule has 2 heterocycles. The summed E-state index contributed by atoms with van der Waals surface area (Å²) in [7, 11) is 0. The Bertz CT molecular complexity index is 818. The average Bonchev–Trinajstić information content (AvgIpc) is 3.13. The van der Waals surface area contributed by atoms with Crippen LogP contribution >= 0.6 is 22.9 Å². The van der Waals surface area contributed by atoms with Crippen LogP contribution in [-0.2, 0) is 17.8 Å². The molecule has 1 N–H and O–H groups in total. The van der Waals surface area contributed by atoms with Gasteiger partial charge in [-0.3, -0.25) is 9.78 Å². The summed E-state index contributed by atoms with van der Waals surface area (Å²) in [6.07, 6.45) is 4.75. The molecule has 0 bridgehead atoms. The van der Waals surface area contributed by atoms with Crippen molar-refractivity contribution in [3.8, 4) is 10.4 Å². The van der Waals surface area contributed by atoms with Crippen molar-refractivity contribution in [1.29, 1.82) is 0 Å². The molecule has 24 heavy (non-hydrogen) atoms. The standard InChI is InChI=1S/C19H17ClN2OS/c20-17-4-1-3-14(10-17)6-7-19(23)22-12-15-9-16(13-21-11-15)18-5-2-8-24-18/h1-5,8-11,13H,6-7,12H2,(H,22,23).